The summed E-state index contributed by atoms with van der Waals surface area (Å²) < 4.78 is 10.8. The van der Waals surface area contributed by atoms with Crippen LogP contribution < -0.4 is 19.7 Å². The Kier molecular flexibility index (Phi) is 6.29. The van der Waals surface area contributed by atoms with Crippen molar-refractivity contribution >= 4 is 23.3 Å². The molecule has 0 saturated carbocycles. The van der Waals surface area contributed by atoms with Gasteiger partial charge in [0.05, 0.1) is 19.9 Å². The number of nitrogens with one attached hydrogen (secondary N) is 1. The van der Waals surface area contributed by atoms with Crippen molar-refractivity contribution in [2.75, 3.05) is 45.3 Å². The quantitative estimate of drug-likeness (QED) is 0.851. The van der Waals surface area contributed by atoms with Crippen LogP contribution in [0.3, 0.4) is 0 Å². The van der Waals surface area contributed by atoms with Gasteiger partial charge in [-0.15, -0.1) is 0 Å². The molecule has 6 nitrogen and oxygen atoms in total. The van der Waals surface area contributed by atoms with E-state index < -0.39 is 0 Å². The van der Waals surface area contributed by atoms with Crippen LogP contribution in [0.5, 0.6) is 11.5 Å². The van der Waals surface area contributed by atoms with Gasteiger partial charge in [0.1, 0.15) is 11.5 Å². The number of hydrogen-bond acceptors (Lipinski definition) is 4. The molecule has 1 saturated heterocycles. The van der Waals surface area contributed by atoms with E-state index in [-0.39, 0.29) is 6.03 Å². The lowest BCUT2D eigenvalue weighted by Gasteiger charge is -2.36. The molecule has 1 heterocycles. The number of halogens is 1. The van der Waals surface area contributed by atoms with Gasteiger partial charge < -0.3 is 24.6 Å². The Bertz CT molecular complexity index is 792. The average molecular weight is 390 g/mol. The van der Waals surface area contributed by atoms with E-state index in [0.717, 1.165) is 35.8 Å². The molecule has 144 valence electrons. The molecule has 1 aliphatic rings. The van der Waals surface area contributed by atoms with E-state index in [1.165, 1.54) is 0 Å². The fourth-order valence-corrected chi connectivity index (χ4v) is 3.36. The molecular weight excluding hydrogens is 366 g/mol. The minimum atomic E-state index is -0.0707. The van der Waals surface area contributed by atoms with Gasteiger partial charge in [-0.25, -0.2) is 4.79 Å². The number of amides is 2. The molecule has 1 aliphatic heterocycles. The predicted octanol–water partition coefficient (Wildman–Crippen LogP) is 3.39. The van der Waals surface area contributed by atoms with E-state index in [0.29, 0.717) is 24.7 Å². The number of urea groups is 1. The van der Waals surface area contributed by atoms with Gasteiger partial charge in [-0.05, 0) is 24.3 Å². The van der Waals surface area contributed by atoms with Crippen molar-refractivity contribution in [3.63, 3.8) is 0 Å². The number of para-hydroxylation sites is 1. The van der Waals surface area contributed by atoms with Gasteiger partial charge in [0.2, 0.25) is 0 Å². The van der Waals surface area contributed by atoms with E-state index in [1.807, 2.05) is 47.4 Å². The van der Waals surface area contributed by atoms with Gasteiger partial charge in [-0.2, -0.15) is 0 Å². The number of nitrogens with zero attached hydrogens (tertiary/aromatic N) is 2. The van der Waals surface area contributed by atoms with Crippen LogP contribution in [0.1, 0.15) is 5.56 Å². The molecule has 1 N–H and O–H groups in total. The maximum absolute atomic E-state index is 12.5. The zero-order valence-corrected chi connectivity index (χ0v) is 16.3. The second kappa shape index (κ2) is 8.86. The molecule has 2 aromatic rings. The number of rotatable bonds is 5. The standard InChI is InChI=1S/C20H24ClN3O3/c1-26-18-6-4-3-5-15(18)14-22-20(25)24-11-9-23(10-12-24)17-13-16(21)7-8-19(17)27-2/h3-8,13H,9-12,14H2,1-2H3,(H,22,25). The molecule has 2 amide bonds. The molecule has 1 fully saturated rings. The van der Waals surface area contributed by atoms with Crippen LogP contribution in [0.4, 0.5) is 10.5 Å². The molecule has 0 radical (unpaired) electrons. The van der Waals surface area contributed by atoms with E-state index >= 15 is 0 Å². The summed E-state index contributed by atoms with van der Waals surface area (Å²) in [6, 6.07) is 13.2. The third-order valence-corrected chi connectivity index (χ3v) is 4.91. The highest BCUT2D eigenvalue weighted by molar-refractivity contribution is 6.30. The molecule has 0 atom stereocenters. The fraction of sp³-hybridized carbons (Fsp3) is 0.350. The zero-order valence-electron chi connectivity index (χ0n) is 15.6. The summed E-state index contributed by atoms with van der Waals surface area (Å²) in [5, 5.41) is 3.64. The number of piperazine rings is 1. The first-order valence-corrected chi connectivity index (χ1v) is 9.23. The maximum atomic E-state index is 12.5. The summed E-state index contributed by atoms with van der Waals surface area (Å²) in [5.41, 5.74) is 1.91. The smallest absolute Gasteiger partial charge is 0.317 e. The average Bonchev–Trinajstić information content (AvgIpc) is 2.72. The van der Waals surface area contributed by atoms with Crippen LogP contribution in [0.25, 0.3) is 0 Å². The summed E-state index contributed by atoms with van der Waals surface area (Å²) in [4.78, 5) is 16.5. The molecule has 3 rings (SSSR count). The van der Waals surface area contributed by atoms with Crippen molar-refractivity contribution in [2.24, 2.45) is 0 Å². The SMILES string of the molecule is COc1ccccc1CNC(=O)N1CCN(c2cc(Cl)ccc2OC)CC1. The number of carbonyl (C=O) groups is 1. The fourth-order valence-electron chi connectivity index (χ4n) is 3.19. The first-order valence-electron chi connectivity index (χ1n) is 8.85. The Morgan fingerprint density at radius 1 is 1.04 bits per heavy atom. The molecule has 0 spiro atoms. The minimum absolute atomic E-state index is 0.0707. The Hall–Kier alpha value is -2.60. The predicted molar refractivity (Wildman–Crippen MR) is 107 cm³/mol. The van der Waals surface area contributed by atoms with Gasteiger partial charge in [0.15, 0.2) is 0 Å². The van der Waals surface area contributed by atoms with Crippen molar-refractivity contribution in [1.29, 1.82) is 0 Å². The van der Waals surface area contributed by atoms with E-state index in [4.69, 9.17) is 21.1 Å². The second-order valence-corrected chi connectivity index (χ2v) is 6.70. The van der Waals surface area contributed by atoms with Gasteiger partial charge in [0.25, 0.3) is 0 Å². The molecular formula is C20H24ClN3O3. The first kappa shape index (κ1) is 19.2. The molecule has 2 aromatic carbocycles. The van der Waals surface area contributed by atoms with Gasteiger partial charge in [0, 0.05) is 43.3 Å². The third kappa shape index (κ3) is 4.57. The lowest BCUT2D eigenvalue weighted by atomic mass is 10.2. The number of ether oxygens (including phenoxy) is 2. The highest BCUT2D eigenvalue weighted by Crippen LogP contribution is 2.31. The Labute approximate surface area is 164 Å². The lowest BCUT2D eigenvalue weighted by Crippen LogP contribution is -2.51. The van der Waals surface area contributed by atoms with Crippen LogP contribution in [0, 0.1) is 0 Å². The van der Waals surface area contributed by atoms with Crippen molar-refractivity contribution in [3.8, 4) is 11.5 Å². The highest BCUT2D eigenvalue weighted by Gasteiger charge is 2.23. The number of methoxy groups -OCH3 is 2. The molecule has 0 bridgehead atoms. The van der Waals surface area contributed by atoms with E-state index in [2.05, 4.69) is 10.2 Å². The molecule has 0 aromatic heterocycles. The van der Waals surface area contributed by atoms with Gasteiger partial charge in [-0.1, -0.05) is 29.8 Å². The van der Waals surface area contributed by atoms with E-state index in [9.17, 15) is 4.79 Å². The summed E-state index contributed by atoms with van der Waals surface area (Å²) in [7, 11) is 3.28. The van der Waals surface area contributed by atoms with Crippen LogP contribution in [0.2, 0.25) is 5.02 Å². The normalized spacial score (nSPS) is 14.0. The number of benzene rings is 2. The monoisotopic (exact) mass is 389 g/mol. The Balaban J connectivity index is 1.56. The number of anilines is 1. The van der Waals surface area contributed by atoms with Crippen molar-refractivity contribution in [1.82, 2.24) is 10.2 Å². The topological polar surface area (TPSA) is 54.0 Å². The summed E-state index contributed by atoms with van der Waals surface area (Å²) >= 11 is 6.13. The summed E-state index contributed by atoms with van der Waals surface area (Å²) in [5.74, 6) is 1.56. The van der Waals surface area contributed by atoms with Gasteiger partial charge in [-0.3, -0.25) is 0 Å². The first-order chi connectivity index (χ1) is 13.1. The Morgan fingerprint density at radius 2 is 1.74 bits per heavy atom. The highest BCUT2D eigenvalue weighted by atomic mass is 35.5. The molecule has 27 heavy (non-hydrogen) atoms. The van der Waals surface area contributed by atoms with E-state index in [1.54, 1.807) is 14.2 Å². The Morgan fingerprint density at radius 3 is 2.44 bits per heavy atom. The number of carbonyl (C=O) groups excluding carboxylic acids is 1. The van der Waals surface area contributed by atoms with Crippen molar-refractivity contribution in [3.05, 3.63) is 53.1 Å². The summed E-state index contributed by atoms with van der Waals surface area (Å²) in [6.07, 6.45) is 0. The van der Waals surface area contributed by atoms with Crippen LogP contribution in [-0.2, 0) is 6.54 Å². The van der Waals surface area contributed by atoms with Crippen LogP contribution in [-0.4, -0.2) is 51.3 Å². The lowest BCUT2D eigenvalue weighted by molar-refractivity contribution is 0.193. The molecule has 7 heteroatoms. The molecule has 0 unspecified atom stereocenters. The minimum Gasteiger partial charge on any atom is -0.496 e. The van der Waals surface area contributed by atoms with Crippen LogP contribution >= 0.6 is 11.6 Å². The van der Waals surface area contributed by atoms with Crippen molar-refractivity contribution < 1.29 is 14.3 Å². The molecule has 0 aliphatic carbocycles. The van der Waals surface area contributed by atoms with Crippen molar-refractivity contribution in [2.45, 2.75) is 6.54 Å². The zero-order chi connectivity index (χ0) is 19.2. The third-order valence-electron chi connectivity index (χ3n) is 4.67. The largest absolute Gasteiger partial charge is 0.496 e. The maximum Gasteiger partial charge on any atom is 0.317 e. The second-order valence-electron chi connectivity index (χ2n) is 6.26. The van der Waals surface area contributed by atoms with Gasteiger partial charge >= 0.3 is 6.03 Å². The summed E-state index contributed by atoms with van der Waals surface area (Å²) in [6.45, 7) is 3.14. The number of hydrogen-bond donors (Lipinski definition) is 1. The van der Waals surface area contributed by atoms with Crippen LogP contribution in [0.15, 0.2) is 42.5 Å².